The van der Waals surface area contributed by atoms with Crippen LogP contribution in [0.3, 0.4) is 0 Å². The van der Waals surface area contributed by atoms with Crippen molar-refractivity contribution < 1.29 is 23.5 Å². The van der Waals surface area contributed by atoms with Crippen LogP contribution in [0.5, 0.6) is 11.7 Å². The number of carbonyl (C=O) groups excluding carboxylic acids is 2. The molecule has 0 atom stereocenters. The number of benzene rings is 1. The molecule has 0 saturated carbocycles. The molecule has 0 radical (unpaired) electrons. The molecule has 2 rings (SSSR count). The zero-order valence-electron chi connectivity index (χ0n) is 14.9. The first-order valence-corrected chi connectivity index (χ1v) is 8.03. The van der Waals surface area contributed by atoms with Gasteiger partial charge in [-0.3, -0.25) is 9.59 Å². The molecule has 7 nitrogen and oxygen atoms in total. The number of Topliss-reactive ketones (excluding diaryl/α,β-unsaturated/α-hetero) is 1. The van der Waals surface area contributed by atoms with Crippen LogP contribution in [0.1, 0.15) is 40.5 Å². The van der Waals surface area contributed by atoms with E-state index in [-0.39, 0.29) is 29.9 Å². The van der Waals surface area contributed by atoms with Crippen molar-refractivity contribution in [2.75, 3.05) is 27.3 Å². The summed E-state index contributed by atoms with van der Waals surface area (Å²) in [4.78, 5) is 30.8. The lowest BCUT2D eigenvalue weighted by Gasteiger charge is -2.20. The van der Waals surface area contributed by atoms with E-state index in [0.717, 1.165) is 0 Å². The molecular formula is C18H22N2O5. The summed E-state index contributed by atoms with van der Waals surface area (Å²) in [5.74, 6) is 0.212. The van der Waals surface area contributed by atoms with Crippen LogP contribution in [-0.2, 0) is 6.42 Å². The fourth-order valence-corrected chi connectivity index (χ4v) is 2.46. The van der Waals surface area contributed by atoms with Crippen LogP contribution in [0, 0.1) is 0 Å². The normalized spacial score (nSPS) is 10.4. The lowest BCUT2D eigenvalue weighted by atomic mass is 10.0. The van der Waals surface area contributed by atoms with Crippen molar-refractivity contribution in [2.45, 2.75) is 20.3 Å². The number of nitrogens with zero attached hydrogens (tertiary/aromatic N) is 2. The van der Waals surface area contributed by atoms with E-state index in [1.54, 1.807) is 23.1 Å². The Bertz CT molecular complexity index is 750. The van der Waals surface area contributed by atoms with Gasteiger partial charge in [-0.25, -0.2) is 4.98 Å². The van der Waals surface area contributed by atoms with Crippen LogP contribution >= 0.6 is 0 Å². The summed E-state index contributed by atoms with van der Waals surface area (Å²) in [5.41, 5.74) is 1.04. The van der Waals surface area contributed by atoms with E-state index in [1.807, 2.05) is 13.8 Å². The first kappa shape index (κ1) is 18.5. The number of ether oxygens (including phenoxy) is 2. The second-order valence-corrected chi connectivity index (χ2v) is 5.29. The van der Waals surface area contributed by atoms with Crippen LogP contribution in [0.25, 0.3) is 0 Å². The van der Waals surface area contributed by atoms with Crippen LogP contribution in [0.2, 0.25) is 0 Å². The van der Waals surface area contributed by atoms with Gasteiger partial charge in [0.2, 0.25) is 5.78 Å². The molecule has 0 N–H and O–H groups in total. The number of carbonyl (C=O) groups is 2. The molecule has 0 aliphatic heterocycles. The molecule has 25 heavy (non-hydrogen) atoms. The van der Waals surface area contributed by atoms with E-state index in [0.29, 0.717) is 30.0 Å². The van der Waals surface area contributed by atoms with Crippen molar-refractivity contribution in [3.63, 3.8) is 0 Å². The highest BCUT2D eigenvalue weighted by molar-refractivity contribution is 5.99. The molecule has 1 heterocycles. The summed E-state index contributed by atoms with van der Waals surface area (Å²) in [5, 5.41) is 0. The Balaban J connectivity index is 2.33. The molecule has 1 aromatic carbocycles. The van der Waals surface area contributed by atoms with Gasteiger partial charge >= 0.3 is 5.95 Å². The van der Waals surface area contributed by atoms with Crippen LogP contribution < -0.4 is 9.47 Å². The first-order valence-electron chi connectivity index (χ1n) is 8.03. The summed E-state index contributed by atoms with van der Waals surface area (Å²) in [6, 6.07) is 5.08. The fraction of sp³-hybridized carbons (Fsp3) is 0.389. The van der Waals surface area contributed by atoms with Gasteiger partial charge < -0.3 is 18.8 Å². The Labute approximate surface area is 146 Å². The minimum Gasteiger partial charge on any atom is -0.497 e. The van der Waals surface area contributed by atoms with Crippen molar-refractivity contribution in [3.8, 4) is 11.7 Å². The third-order valence-electron chi connectivity index (χ3n) is 3.87. The van der Waals surface area contributed by atoms with Gasteiger partial charge in [0.15, 0.2) is 0 Å². The predicted octanol–water partition coefficient (Wildman–Crippen LogP) is 2.60. The standard InChI is InChI=1S/C18H22N2O5/c1-5-20(6-2)18(22)14-8-7-13(23-3)9-12(14)10-15(21)17-19-11-16(24-4)25-17/h7-9,11H,5-6,10H2,1-4H3. The molecule has 0 spiro atoms. The van der Waals surface area contributed by atoms with Crippen LogP contribution in [0.4, 0.5) is 0 Å². The van der Waals surface area contributed by atoms with Crippen molar-refractivity contribution in [2.24, 2.45) is 0 Å². The van der Waals surface area contributed by atoms with Crippen molar-refractivity contribution in [1.29, 1.82) is 0 Å². The number of aromatic nitrogens is 1. The van der Waals surface area contributed by atoms with Gasteiger partial charge in [0.1, 0.15) is 11.9 Å². The minimum atomic E-state index is -0.342. The van der Waals surface area contributed by atoms with E-state index in [2.05, 4.69) is 4.98 Å². The molecule has 0 aliphatic carbocycles. The Hall–Kier alpha value is -2.83. The molecule has 134 valence electrons. The highest BCUT2D eigenvalue weighted by Crippen LogP contribution is 2.22. The maximum atomic E-state index is 12.7. The maximum absolute atomic E-state index is 12.7. The molecule has 1 aromatic heterocycles. The Morgan fingerprint density at radius 1 is 1.16 bits per heavy atom. The average molecular weight is 346 g/mol. The molecular weight excluding hydrogens is 324 g/mol. The van der Waals surface area contributed by atoms with Gasteiger partial charge in [-0.2, -0.15) is 0 Å². The Morgan fingerprint density at radius 2 is 1.88 bits per heavy atom. The van der Waals surface area contributed by atoms with Gasteiger partial charge in [-0.15, -0.1) is 0 Å². The highest BCUT2D eigenvalue weighted by Gasteiger charge is 2.21. The predicted molar refractivity (Wildman–Crippen MR) is 91.3 cm³/mol. The zero-order chi connectivity index (χ0) is 18.4. The highest BCUT2D eigenvalue weighted by atomic mass is 16.6. The van der Waals surface area contributed by atoms with E-state index >= 15 is 0 Å². The molecule has 2 aromatic rings. The third kappa shape index (κ3) is 4.17. The summed E-state index contributed by atoms with van der Waals surface area (Å²) >= 11 is 0. The van der Waals surface area contributed by atoms with Gasteiger partial charge in [-0.05, 0) is 37.6 Å². The van der Waals surface area contributed by atoms with E-state index in [9.17, 15) is 9.59 Å². The molecule has 7 heteroatoms. The number of amides is 1. The minimum absolute atomic E-state index is 0.0246. The number of rotatable bonds is 8. The lowest BCUT2D eigenvalue weighted by molar-refractivity contribution is 0.0772. The van der Waals surface area contributed by atoms with Crippen molar-refractivity contribution >= 4 is 11.7 Å². The summed E-state index contributed by atoms with van der Waals surface area (Å²) < 4.78 is 15.3. The number of oxazole rings is 1. The summed E-state index contributed by atoms with van der Waals surface area (Å²) in [6.45, 7) is 5.00. The van der Waals surface area contributed by atoms with Crippen molar-refractivity contribution in [3.05, 3.63) is 41.4 Å². The second kappa shape index (κ2) is 8.32. The maximum Gasteiger partial charge on any atom is 0.305 e. The van der Waals surface area contributed by atoms with Gasteiger partial charge in [0, 0.05) is 25.1 Å². The molecule has 1 amide bonds. The van der Waals surface area contributed by atoms with Gasteiger partial charge in [0.05, 0.1) is 14.2 Å². The Morgan fingerprint density at radius 3 is 2.44 bits per heavy atom. The summed E-state index contributed by atoms with van der Waals surface area (Å²) in [7, 11) is 2.96. The topological polar surface area (TPSA) is 81.9 Å². The first-order chi connectivity index (χ1) is 12.0. The van der Waals surface area contributed by atoms with Crippen molar-refractivity contribution in [1.82, 2.24) is 9.88 Å². The molecule has 0 bridgehead atoms. The number of hydrogen-bond donors (Lipinski definition) is 0. The fourth-order valence-electron chi connectivity index (χ4n) is 2.46. The van der Waals surface area contributed by atoms with E-state index in [1.165, 1.54) is 20.4 Å². The number of methoxy groups -OCH3 is 2. The molecule has 0 unspecified atom stereocenters. The number of ketones is 1. The second-order valence-electron chi connectivity index (χ2n) is 5.29. The van der Waals surface area contributed by atoms with Crippen LogP contribution in [0.15, 0.2) is 28.8 Å². The quantitative estimate of drug-likeness (QED) is 0.683. The van der Waals surface area contributed by atoms with Gasteiger partial charge in [-0.1, -0.05) is 0 Å². The molecule has 0 fully saturated rings. The van der Waals surface area contributed by atoms with Gasteiger partial charge in [0.25, 0.3) is 11.8 Å². The largest absolute Gasteiger partial charge is 0.497 e. The van der Waals surface area contributed by atoms with E-state index < -0.39 is 0 Å². The smallest absolute Gasteiger partial charge is 0.305 e. The van der Waals surface area contributed by atoms with E-state index in [4.69, 9.17) is 13.9 Å². The lowest BCUT2D eigenvalue weighted by Crippen LogP contribution is -2.31. The molecule has 0 saturated heterocycles. The third-order valence-corrected chi connectivity index (χ3v) is 3.87. The number of hydrogen-bond acceptors (Lipinski definition) is 6. The van der Waals surface area contributed by atoms with Crippen LogP contribution in [-0.4, -0.2) is 48.9 Å². The summed E-state index contributed by atoms with van der Waals surface area (Å²) in [6.07, 6.45) is 1.31. The Kier molecular flexibility index (Phi) is 6.16. The SMILES string of the molecule is CCN(CC)C(=O)c1ccc(OC)cc1CC(=O)c1ncc(OC)o1. The monoisotopic (exact) mass is 346 g/mol. The molecule has 0 aliphatic rings. The zero-order valence-corrected chi connectivity index (χ0v) is 14.9. The average Bonchev–Trinajstić information content (AvgIpc) is 3.12.